The molecule has 1 rings (SSSR count). The number of carbonyl (C=O) groups is 5. The fraction of sp³-hybridized carbons (Fsp3) is 0.906. The molecule has 5 amide bonds. The van der Waals surface area contributed by atoms with Crippen molar-refractivity contribution < 1.29 is 77.7 Å². The lowest BCUT2D eigenvalue weighted by atomic mass is 10.0. The van der Waals surface area contributed by atoms with Crippen LogP contribution >= 0.6 is 0 Å². The maximum atomic E-state index is 13.6. The van der Waals surface area contributed by atoms with Gasteiger partial charge in [0.25, 0.3) is 6.48 Å². The Labute approximate surface area is 446 Å². The van der Waals surface area contributed by atoms with E-state index < -0.39 is 80.9 Å². The largest absolute Gasteiger partial charge is 0.471 e. The van der Waals surface area contributed by atoms with Gasteiger partial charge in [-0.05, 0) is 58.2 Å². The number of nitrogens with one attached hydrogen (secondary N) is 3. The van der Waals surface area contributed by atoms with Crippen LogP contribution in [-0.4, -0.2) is 154 Å². The number of nitrogens with zero attached hydrogens (tertiary/aromatic N) is 3. The lowest BCUT2D eigenvalue weighted by Gasteiger charge is -2.26. The molecule has 0 bridgehead atoms. The molecule has 0 aliphatic carbocycles. The van der Waals surface area contributed by atoms with Crippen LogP contribution in [0.15, 0.2) is 0 Å². The number of ether oxygens (including phenoxy) is 3. The van der Waals surface area contributed by atoms with Gasteiger partial charge in [0.15, 0.2) is 0 Å². The Morgan fingerprint density at radius 1 is 0.487 bits per heavy atom. The average molecular weight is 1110 g/mol. The van der Waals surface area contributed by atoms with Crippen LogP contribution in [0, 0.1) is 0 Å². The van der Waals surface area contributed by atoms with Gasteiger partial charge < -0.3 is 44.9 Å². The summed E-state index contributed by atoms with van der Waals surface area (Å²) in [6.07, 6.45) is 13.6. The summed E-state index contributed by atoms with van der Waals surface area (Å²) >= 11 is 0. The molecule has 0 spiro atoms. The van der Waals surface area contributed by atoms with Crippen molar-refractivity contribution in [3.05, 3.63) is 0 Å². The molecule has 1 saturated heterocycles. The zero-order valence-corrected chi connectivity index (χ0v) is 45.7. The van der Waals surface area contributed by atoms with E-state index in [1.165, 1.54) is 120 Å². The number of amides is 5. The highest BCUT2D eigenvalue weighted by atomic mass is 19.4. The van der Waals surface area contributed by atoms with Gasteiger partial charge >= 0.3 is 36.3 Å². The van der Waals surface area contributed by atoms with Crippen LogP contribution in [0.4, 0.5) is 39.5 Å². The van der Waals surface area contributed by atoms with Gasteiger partial charge in [0, 0.05) is 45.7 Å². The third kappa shape index (κ3) is 37.4. The van der Waals surface area contributed by atoms with E-state index in [-0.39, 0.29) is 75.9 Å². The van der Waals surface area contributed by atoms with Crippen molar-refractivity contribution in [2.24, 2.45) is 0 Å². The molecule has 1 heterocycles. The van der Waals surface area contributed by atoms with Gasteiger partial charge in [-0.3, -0.25) is 24.0 Å². The van der Waals surface area contributed by atoms with Crippen molar-refractivity contribution in [2.75, 3.05) is 78.7 Å². The van der Waals surface area contributed by atoms with E-state index in [0.717, 1.165) is 51.6 Å². The Morgan fingerprint density at radius 2 is 0.895 bits per heavy atom. The van der Waals surface area contributed by atoms with Crippen molar-refractivity contribution in [1.29, 1.82) is 0 Å². The van der Waals surface area contributed by atoms with Gasteiger partial charge in [0.1, 0.15) is 6.10 Å². The fourth-order valence-corrected chi connectivity index (χ4v) is 8.74. The molecule has 2 atom stereocenters. The first kappa shape index (κ1) is 70.6. The molecule has 1 aliphatic rings. The van der Waals surface area contributed by atoms with E-state index in [2.05, 4.69) is 19.2 Å². The van der Waals surface area contributed by atoms with Crippen molar-refractivity contribution in [3.8, 4) is 0 Å². The SMILES string of the molecule is CCCCCCCCCCCCCCN(CCCCCCCCCCCCCC)C(=O)CCCOC1OCC(CNC(=O)CN(CCCN(CCCNC(=O)C(F)(F)F)CCCNC(=O)C(F)(F)F)C(=O)C(F)(F)F)O1. The first-order valence-corrected chi connectivity index (χ1v) is 28.4. The number of hydrogen-bond donors (Lipinski definition) is 3. The third-order valence-corrected chi connectivity index (χ3v) is 13.1. The maximum Gasteiger partial charge on any atom is 0.471 e. The highest BCUT2D eigenvalue weighted by Gasteiger charge is 2.43. The minimum atomic E-state index is -5.36. The molecular formula is C53H93F9N6O8. The molecule has 76 heavy (non-hydrogen) atoms. The molecule has 14 nitrogen and oxygen atoms in total. The van der Waals surface area contributed by atoms with E-state index in [1.807, 2.05) is 4.90 Å². The first-order valence-electron chi connectivity index (χ1n) is 28.4. The highest BCUT2D eigenvalue weighted by Crippen LogP contribution is 2.21. The molecule has 1 fully saturated rings. The lowest BCUT2D eigenvalue weighted by Crippen LogP contribution is -2.48. The predicted molar refractivity (Wildman–Crippen MR) is 273 cm³/mol. The summed E-state index contributed by atoms with van der Waals surface area (Å²) < 4.78 is 133. The topological polar surface area (TPSA) is 159 Å². The minimum absolute atomic E-state index is 0.0312. The van der Waals surface area contributed by atoms with Gasteiger partial charge in [0.2, 0.25) is 11.8 Å². The Kier molecular flexibility index (Phi) is 39.5. The smallest absolute Gasteiger partial charge is 0.352 e. The summed E-state index contributed by atoms with van der Waals surface area (Å²) in [4.78, 5) is 64.6. The predicted octanol–water partition coefficient (Wildman–Crippen LogP) is 11.0. The number of alkyl halides is 9. The molecule has 0 aromatic carbocycles. The lowest BCUT2D eigenvalue weighted by molar-refractivity contribution is -0.237. The first-order chi connectivity index (χ1) is 36.2. The van der Waals surface area contributed by atoms with E-state index in [4.69, 9.17) is 14.2 Å². The monoisotopic (exact) mass is 1110 g/mol. The molecule has 3 N–H and O–H groups in total. The summed E-state index contributed by atoms with van der Waals surface area (Å²) in [7, 11) is 0. The van der Waals surface area contributed by atoms with Crippen LogP contribution in [-0.2, 0) is 38.2 Å². The second-order valence-corrected chi connectivity index (χ2v) is 20.0. The van der Waals surface area contributed by atoms with E-state index in [0.29, 0.717) is 6.42 Å². The quantitative estimate of drug-likeness (QED) is 0.0398. The Morgan fingerprint density at radius 3 is 1.32 bits per heavy atom. The number of hydrogen-bond acceptors (Lipinski definition) is 9. The summed E-state index contributed by atoms with van der Waals surface area (Å²) in [5.41, 5.74) is 0. The van der Waals surface area contributed by atoms with Gasteiger partial charge in [-0.25, -0.2) is 0 Å². The summed E-state index contributed by atoms with van der Waals surface area (Å²) in [5, 5.41) is 5.73. The fourth-order valence-electron chi connectivity index (χ4n) is 8.74. The molecule has 2 unspecified atom stereocenters. The normalized spacial score (nSPS) is 15.1. The molecule has 0 aromatic rings. The molecule has 0 aromatic heterocycles. The van der Waals surface area contributed by atoms with Crippen LogP contribution in [0.25, 0.3) is 0 Å². The van der Waals surface area contributed by atoms with Crippen molar-refractivity contribution >= 4 is 29.5 Å². The van der Waals surface area contributed by atoms with Gasteiger partial charge in [-0.2, -0.15) is 39.5 Å². The molecule has 23 heteroatoms. The second kappa shape index (κ2) is 42.5. The number of halogens is 9. The Bertz CT molecular complexity index is 1480. The van der Waals surface area contributed by atoms with Crippen LogP contribution in [0.5, 0.6) is 0 Å². The van der Waals surface area contributed by atoms with E-state index >= 15 is 0 Å². The zero-order valence-electron chi connectivity index (χ0n) is 45.7. The minimum Gasteiger partial charge on any atom is -0.352 e. The molecular weight excluding hydrogens is 1020 g/mol. The average Bonchev–Trinajstić information content (AvgIpc) is 3.82. The Balaban J connectivity index is 2.61. The second-order valence-electron chi connectivity index (χ2n) is 20.0. The van der Waals surface area contributed by atoms with Gasteiger partial charge in [-0.1, -0.05) is 155 Å². The van der Waals surface area contributed by atoms with Crippen LogP contribution in [0.1, 0.15) is 200 Å². The summed E-state index contributed by atoms with van der Waals surface area (Å²) in [6.45, 7) is 1.92. The van der Waals surface area contributed by atoms with Gasteiger partial charge in [-0.15, -0.1) is 0 Å². The highest BCUT2D eigenvalue weighted by molar-refractivity contribution is 5.87. The van der Waals surface area contributed by atoms with Crippen molar-refractivity contribution in [1.82, 2.24) is 30.7 Å². The summed E-state index contributed by atoms with van der Waals surface area (Å²) in [5.74, 6) is -7.60. The van der Waals surface area contributed by atoms with Crippen molar-refractivity contribution in [3.63, 3.8) is 0 Å². The zero-order chi connectivity index (χ0) is 56.5. The van der Waals surface area contributed by atoms with Crippen LogP contribution in [0.2, 0.25) is 0 Å². The van der Waals surface area contributed by atoms with E-state index in [1.54, 1.807) is 10.6 Å². The molecule has 1 aliphatic heterocycles. The van der Waals surface area contributed by atoms with Crippen LogP contribution < -0.4 is 16.0 Å². The Hall–Kier alpha value is -3.44. The van der Waals surface area contributed by atoms with Crippen LogP contribution in [0.3, 0.4) is 0 Å². The molecule has 0 saturated carbocycles. The third-order valence-electron chi connectivity index (χ3n) is 13.1. The molecule has 0 radical (unpaired) electrons. The summed E-state index contributed by atoms with van der Waals surface area (Å²) in [6, 6.07) is 0. The maximum absolute atomic E-state index is 13.6. The standard InChI is InChI=1S/C53H93F9N6O8/c1-3-5-7-9-11-13-15-17-19-21-23-25-37-67(38-26-24-22-20-18-16-14-12-10-8-6-4-2)46(70)31-27-40-74-50-75-43-44(76-50)41-65-45(69)42-68(49(73)53(60,61)62)39-30-36-66(34-28-32-63-47(71)51(54,55)56)35-29-33-64-48(72)52(57,58)59/h44,50H,3-43H2,1-2H3,(H,63,71)(H,64,72)(H,65,69). The number of unbranched alkanes of at least 4 members (excludes halogenated alkanes) is 22. The van der Waals surface area contributed by atoms with Gasteiger partial charge in [0.05, 0.1) is 19.8 Å². The van der Waals surface area contributed by atoms with Crippen molar-refractivity contribution in [2.45, 2.75) is 231 Å². The number of carbonyl (C=O) groups excluding carboxylic acids is 5. The number of rotatable bonds is 47. The molecule has 446 valence electrons. The van der Waals surface area contributed by atoms with E-state index in [9.17, 15) is 63.5 Å².